The zero-order chi connectivity index (χ0) is 10.1. The van der Waals surface area contributed by atoms with Gasteiger partial charge in [0.2, 0.25) is 0 Å². The van der Waals surface area contributed by atoms with Gasteiger partial charge in [0.1, 0.15) is 0 Å². The van der Waals surface area contributed by atoms with Crippen molar-refractivity contribution in [2.24, 2.45) is 5.92 Å². The minimum Gasteiger partial charge on any atom is -0.393 e. The van der Waals surface area contributed by atoms with Crippen LogP contribution >= 0.6 is 11.3 Å². The highest BCUT2D eigenvalue weighted by Crippen LogP contribution is 2.31. The van der Waals surface area contributed by atoms with Crippen LogP contribution in [0, 0.1) is 5.92 Å². The minimum absolute atomic E-state index is 0.225. The van der Waals surface area contributed by atoms with E-state index in [0.29, 0.717) is 5.92 Å². The van der Waals surface area contributed by atoms with Gasteiger partial charge in [-0.3, -0.25) is 4.79 Å². The molecule has 1 aromatic heterocycles. The minimum atomic E-state index is -0.225. The van der Waals surface area contributed by atoms with Crippen molar-refractivity contribution in [2.45, 2.75) is 13.0 Å². The third kappa shape index (κ3) is 1.67. The Morgan fingerprint density at radius 3 is 2.86 bits per heavy atom. The Morgan fingerprint density at radius 2 is 2.36 bits per heavy atom. The van der Waals surface area contributed by atoms with Gasteiger partial charge in [0.05, 0.1) is 16.0 Å². The molecule has 2 rings (SSSR count). The van der Waals surface area contributed by atoms with Crippen LogP contribution in [0.15, 0.2) is 12.1 Å². The third-order valence-electron chi connectivity index (χ3n) is 2.63. The normalized spacial score (nSPS) is 19.1. The van der Waals surface area contributed by atoms with E-state index in [2.05, 4.69) is 4.90 Å². The quantitative estimate of drug-likeness (QED) is 0.768. The Kier molecular flexibility index (Phi) is 2.56. The molecular formula is C10H13NO2S. The van der Waals surface area contributed by atoms with Crippen molar-refractivity contribution in [2.75, 3.05) is 18.0 Å². The molecule has 1 aromatic rings. The Morgan fingerprint density at radius 1 is 1.64 bits per heavy atom. The molecule has 1 aliphatic rings. The van der Waals surface area contributed by atoms with Gasteiger partial charge in [-0.15, -0.1) is 11.3 Å². The van der Waals surface area contributed by atoms with E-state index >= 15 is 0 Å². The largest absolute Gasteiger partial charge is 0.393 e. The molecule has 0 amide bonds. The van der Waals surface area contributed by atoms with Gasteiger partial charge in [0.15, 0.2) is 6.29 Å². The third-order valence-corrected chi connectivity index (χ3v) is 3.70. The maximum absolute atomic E-state index is 10.5. The summed E-state index contributed by atoms with van der Waals surface area (Å²) in [7, 11) is 0. The molecule has 1 atom stereocenters. The van der Waals surface area contributed by atoms with Gasteiger partial charge in [-0.2, -0.15) is 0 Å². The standard InChI is InChI=1S/C10H13NO2S/c1-7(13)8-4-11(5-8)10-3-2-9(6-12)14-10/h2-3,6-8,13H,4-5H2,1H3/t7-/m0/s1. The first kappa shape index (κ1) is 9.68. The van der Waals surface area contributed by atoms with Gasteiger partial charge >= 0.3 is 0 Å². The monoisotopic (exact) mass is 211 g/mol. The van der Waals surface area contributed by atoms with Gasteiger partial charge in [-0.05, 0) is 19.1 Å². The SMILES string of the molecule is C[C@H](O)C1CN(c2ccc(C=O)s2)C1. The first-order valence-corrected chi connectivity index (χ1v) is 5.50. The highest BCUT2D eigenvalue weighted by molar-refractivity contribution is 7.17. The first-order chi connectivity index (χ1) is 6.70. The number of thiophene rings is 1. The molecule has 0 radical (unpaired) electrons. The number of hydrogen-bond acceptors (Lipinski definition) is 4. The maximum atomic E-state index is 10.5. The molecule has 3 nitrogen and oxygen atoms in total. The molecule has 14 heavy (non-hydrogen) atoms. The number of aliphatic hydroxyl groups is 1. The van der Waals surface area contributed by atoms with Gasteiger partial charge in [0, 0.05) is 19.0 Å². The smallest absolute Gasteiger partial charge is 0.160 e. The molecule has 0 aromatic carbocycles. The predicted octanol–water partition coefficient (Wildman–Crippen LogP) is 1.38. The van der Waals surface area contributed by atoms with Crippen molar-refractivity contribution < 1.29 is 9.90 Å². The Hall–Kier alpha value is -0.870. The van der Waals surface area contributed by atoms with E-state index < -0.39 is 0 Å². The second-order valence-corrected chi connectivity index (χ2v) is 4.79. The van der Waals surface area contributed by atoms with Gasteiger partial charge in [0.25, 0.3) is 0 Å². The second kappa shape index (κ2) is 3.71. The predicted molar refractivity (Wildman–Crippen MR) is 57.1 cm³/mol. The highest BCUT2D eigenvalue weighted by atomic mass is 32.1. The van der Waals surface area contributed by atoms with E-state index in [1.165, 1.54) is 11.3 Å². The van der Waals surface area contributed by atoms with Crippen LogP contribution < -0.4 is 4.90 Å². The molecular weight excluding hydrogens is 198 g/mol. The number of hydrogen-bond donors (Lipinski definition) is 1. The van der Waals surface area contributed by atoms with E-state index in [9.17, 15) is 9.90 Å². The van der Waals surface area contributed by atoms with Crippen LogP contribution in [0.1, 0.15) is 16.6 Å². The summed E-state index contributed by atoms with van der Waals surface area (Å²) in [6, 6.07) is 3.80. The molecule has 0 spiro atoms. The number of carbonyl (C=O) groups is 1. The molecule has 0 aliphatic carbocycles. The maximum Gasteiger partial charge on any atom is 0.160 e. The lowest BCUT2D eigenvalue weighted by Gasteiger charge is -2.41. The van der Waals surface area contributed by atoms with Crippen molar-refractivity contribution in [1.29, 1.82) is 0 Å². The Bertz CT molecular complexity index is 329. The summed E-state index contributed by atoms with van der Waals surface area (Å²) in [5, 5.41) is 10.4. The average Bonchev–Trinajstić information content (AvgIpc) is 2.49. The van der Waals surface area contributed by atoms with Gasteiger partial charge < -0.3 is 10.0 Å². The van der Waals surface area contributed by atoms with E-state index in [-0.39, 0.29) is 6.10 Å². The van der Waals surface area contributed by atoms with E-state index in [4.69, 9.17) is 0 Å². The lowest BCUT2D eigenvalue weighted by atomic mass is 9.95. The van der Waals surface area contributed by atoms with Crippen LogP contribution in [-0.2, 0) is 0 Å². The number of rotatable bonds is 3. The van der Waals surface area contributed by atoms with Crippen LogP contribution in [0.3, 0.4) is 0 Å². The molecule has 1 N–H and O–H groups in total. The van der Waals surface area contributed by atoms with Crippen molar-refractivity contribution in [3.63, 3.8) is 0 Å². The first-order valence-electron chi connectivity index (χ1n) is 4.68. The van der Waals surface area contributed by atoms with Crippen LogP contribution in [0.5, 0.6) is 0 Å². The fraction of sp³-hybridized carbons (Fsp3) is 0.500. The lowest BCUT2D eigenvalue weighted by molar-refractivity contribution is 0.108. The molecule has 0 unspecified atom stereocenters. The van der Waals surface area contributed by atoms with Crippen LogP contribution in [0.4, 0.5) is 5.00 Å². The average molecular weight is 211 g/mol. The molecule has 1 aliphatic heterocycles. The van der Waals surface area contributed by atoms with Crippen LogP contribution in [0.2, 0.25) is 0 Å². The lowest BCUT2D eigenvalue weighted by Crippen LogP contribution is -2.50. The van der Waals surface area contributed by atoms with Crippen molar-refractivity contribution in [3.8, 4) is 0 Å². The summed E-state index contributed by atoms with van der Waals surface area (Å²) in [4.78, 5) is 13.4. The van der Waals surface area contributed by atoms with Crippen LogP contribution in [-0.4, -0.2) is 30.6 Å². The second-order valence-electron chi connectivity index (χ2n) is 3.70. The Balaban J connectivity index is 1.96. The molecule has 1 saturated heterocycles. The topological polar surface area (TPSA) is 40.5 Å². The molecule has 0 saturated carbocycles. The van der Waals surface area contributed by atoms with E-state index in [0.717, 1.165) is 29.3 Å². The summed E-state index contributed by atoms with van der Waals surface area (Å²) in [6.07, 6.45) is 0.650. The van der Waals surface area contributed by atoms with Gasteiger partial charge in [-0.25, -0.2) is 0 Å². The molecule has 4 heteroatoms. The zero-order valence-corrected chi connectivity index (χ0v) is 8.83. The van der Waals surface area contributed by atoms with Crippen molar-refractivity contribution in [3.05, 3.63) is 17.0 Å². The summed E-state index contributed by atoms with van der Waals surface area (Å²) in [5.41, 5.74) is 0. The fourth-order valence-electron chi connectivity index (χ4n) is 1.57. The number of aldehydes is 1. The van der Waals surface area contributed by atoms with Crippen molar-refractivity contribution >= 4 is 22.6 Å². The summed E-state index contributed by atoms with van der Waals surface area (Å²) in [6.45, 7) is 3.63. The molecule has 76 valence electrons. The number of nitrogens with zero attached hydrogens (tertiary/aromatic N) is 1. The highest BCUT2D eigenvalue weighted by Gasteiger charge is 2.30. The molecule has 1 fully saturated rings. The summed E-state index contributed by atoms with van der Waals surface area (Å²) in [5.74, 6) is 0.386. The van der Waals surface area contributed by atoms with E-state index in [1.54, 1.807) is 0 Å². The van der Waals surface area contributed by atoms with E-state index in [1.807, 2.05) is 19.1 Å². The zero-order valence-electron chi connectivity index (χ0n) is 8.01. The Labute approximate surface area is 87.0 Å². The molecule has 0 bridgehead atoms. The van der Waals surface area contributed by atoms with Crippen molar-refractivity contribution in [1.82, 2.24) is 0 Å². The molecule has 2 heterocycles. The van der Waals surface area contributed by atoms with Gasteiger partial charge in [-0.1, -0.05) is 0 Å². The number of anilines is 1. The number of aliphatic hydroxyl groups excluding tert-OH is 1. The number of carbonyl (C=O) groups excluding carboxylic acids is 1. The summed E-state index contributed by atoms with van der Waals surface area (Å²) >= 11 is 1.51. The van der Waals surface area contributed by atoms with Crippen LogP contribution in [0.25, 0.3) is 0 Å². The summed E-state index contributed by atoms with van der Waals surface area (Å²) < 4.78 is 0. The fourth-order valence-corrected chi connectivity index (χ4v) is 2.41.